The molecule has 7 nitrogen and oxygen atoms in total. The van der Waals surface area contributed by atoms with E-state index in [1.807, 2.05) is 39.8 Å². The Labute approximate surface area is 191 Å². The van der Waals surface area contributed by atoms with Crippen LogP contribution in [0.3, 0.4) is 0 Å². The maximum atomic E-state index is 13.4. The van der Waals surface area contributed by atoms with Crippen LogP contribution in [0.25, 0.3) is 0 Å². The molecule has 2 N–H and O–H groups in total. The number of fused-ring (bicyclic) bond motifs is 1. The Hall–Kier alpha value is -2.67. The van der Waals surface area contributed by atoms with Crippen LogP contribution in [0.2, 0.25) is 0 Å². The van der Waals surface area contributed by atoms with Crippen molar-refractivity contribution in [1.29, 1.82) is 0 Å². The third-order valence-electron chi connectivity index (χ3n) is 6.16. The van der Waals surface area contributed by atoms with Crippen molar-refractivity contribution < 1.29 is 14.0 Å². The first kappa shape index (κ1) is 24.0. The Morgan fingerprint density at radius 3 is 2.66 bits per heavy atom. The minimum Gasteiger partial charge on any atom is -0.460 e. The van der Waals surface area contributed by atoms with E-state index >= 15 is 0 Å². The molecule has 32 heavy (non-hydrogen) atoms. The Balaban J connectivity index is 1.96. The average Bonchev–Trinajstić information content (AvgIpc) is 3.15. The zero-order valence-corrected chi connectivity index (χ0v) is 20.2. The molecule has 0 saturated carbocycles. The van der Waals surface area contributed by atoms with Crippen LogP contribution in [0, 0.1) is 18.3 Å². The first-order valence-corrected chi connectivity index (χ1v) is 11.4. The fourth-order valence-electron chi connectivity index (χ4n) is 4.20. The fourth-order valence-corrected chi connectivity index (χ4v) is 4.20. The third kappa shape index (κ3) is 5.57. The van der Waals surface area contributed by atoms with E-state index in [2.05, 4.69) is 28.7 Å². The molecule has 7 heteroatoms. The van der Waals surface area contributed by atoms with Gasteiger partial charge in [0.2, 0.25) is 5.91 Å². The van der Waals surface area contributed by atoms with Gasteiger partial charge in [-0.3, -0.25) is 9.59 Å². The maximum absolute atomic E-state index is 13.4. The van der Waals surface area contributed by atoms with Crippen molar-refractivity contribution in [1.82, 2.24) is 15.5 Å². The number of amides is 2. The van der Waals surface area contributed by atoms with Gasteiger partial charge in [-0.2, -0.15) is 0 Å². The molecule has 0 unspecified atom stereocenters. The summed E-state index contributed by atoms with van der Waals surface area (Å²) < 4.78 is 5.82. The Bertz CT molecular complexity index is 962. The number of furan rings is 1. The molecule has 3 heterocycles. The van der Waals surface area contributed by atoms with E-state index in [0.29, 0.717) is 24.4 Å². The van der Waals surface area contributed by atoms with E-state index in [-0.39, 0.29) is 29.7 Å². The van der Waals surface area contributed by atoms with Crippen LogP contribution >= 0.6 is 0 Å². The van der Waals surface area contributed by atoms with Crippen molar-refractivity contribution in [2.45, 2.75) is 47.0 Å². The van der Waals surface area contributed by atoms with Crippen LogP contribution in [0.4, 0.5) is 0 Å². The Kier molecular flexibility index (Phi) is 7.39. The van der Waals surface area contributed by atoms with Gasteiger partial charge in [-0.1, -0.05) is 26.8 Å². The second-order valence-electron chi connectivity index (χ2n) is 9.82. The van der Waals surface area contributed by atoms with Gasteiger partial charge in [0.15, 0.2) is 0 Å². The molecule has 3 rings (SSSR count). The van der Waals surface area contributed by atoms with E-state index in [1.54, 1.807) is 7.05 Å². The lowest BCUT2D eigenvalue weighted by atomic mass is 9.80. The quantitative estimate of drug-likeness (QED) is 0.736. The number of nitrogens with zero attached hydrogens (tertiary/aromatic N) is 2. The minimum absolute atomic E-state index is 0.0828. The Morgan fingerprint density at radius 2 is 2.03 bits per heavy atom. The summed E-state index contributed by atoms with van der Waals surface area (Å²) in [6.45, 7) is 9.79. The molecular formula is C25H36N4O3. The number of carbonyl (C=O) groups is 2. The average molecular weight is 441 g/mol. The van der Waals surface area contributed by atoms with Crippen LogP contribution in [0.1, 0.15) is 51.6 Å². The summed E-state index contributed by atoms with van der Waals surface area (Å²) >= 11 is 0. The molecule has 2 aliphatic heterocycles. The molecule has 0 radical (unpaired) electrons. The largest absolute Gasteiger partial charge is 0.460 e. The second kappa shape index (κ2) is 9.86. The smallest absolute Gasteiger partial charge is 0.270 e. The van der Waals surface area contributed by atoms with E-state index in [4.69, 9.17) is 9.41 Å². The number of likely N-dealkylation sites (N-methyl/N-ethyl adjacent to an activating group) is 1. The molecule has 0 aliphatic carbocycles. The molecule has 0 bridgehead atoms. The van der Waals surface area contributed by atoms with E-state index in [0.717, 1.165) is 42.0 Å². The number of hydrogen-bond donors (Lipinski definition) is 2. The molecule has 0 fully saturated rings. The lowest BCUT2D eigenvalue weighted by Crippen LogP contribution is -2.44. The van der Waals surface area contributed by atoms with Crippen LogP contribution in [-0.4, -0.2) is 56.2 Å². The molecule has 0 aromatic carbocycles. The predicted octanol–water partition coefficient (Wildman–Crippen LogP) is 3.21. The number of nitrogens with one attached hydrogen (secondary N) is 2. The van der Waals surface area contributed by atoms with E-state index in [9.17, 15) is 9.59 Å². The fraction of sp³-hybridized carbons (Fsp3) is 0.560. The van der Waals surface area contributed by atoms with Crippen molar-refractivity contribution in [3.63, 3.8) is 0 Å². The van der Waals surface area contributed by atoms with Gasteiger partial charge in [-0.05, 0) is 56.5 Å². The molecule has 1 aromatic heterocycles. The minimum atomic E-state index is -0.350. The highest BCUT2D eigenvalue weighted by Crippen LogP contribution is 2.31. The van der Waals surface area contributed by atoms with Gasteiger partial charge >= 0.3 is 0 Å². The first-order chi connectivity index (χ1) is 15.1. The van der Waals surface area contributed by atoms with Crippen LogP contribution < -0.4 is 10.6 Å². The van der Waals surface area contributed by atoms with Gasteiger partial charge < -0.3 is 20.0 Å². The molecular weight excluding hydrogens is 404 g/mol. The molecule has 174 valence electrons. The van der Waals surface area contributed by atoms with Gasteiger partial charge in [0.05, 0.1) is 11.6 Å². The number of allylic oxidation sites excluding steroid dienone is 1. The van der Waals surface area contributed by atoms with Crippen molar-refractivity contribution in [2.75, 3.05) is 33.7 Å². The molecule has 2 amide bonds. The summed E-state index contributed by atoms with van der Waals surface area (Å²) in [5, 5.41) is 5.71. The lowest BCUT2D eigenvalue weighted by Gasteiger charge is -2.30. The lowest BCUT2D eigenvalue weighted by molar-refractivity contribution is -0.128. The van der Waals surface area contributed by atoms with Crippen LogP contribution in [0.5, 0.6) is 0 Å². The molecule has 0 saturated heterocycles. The number of carbonyl (C=O) groups excluding carboxylic acids is 2. The number of aliphatic imine (C=N–C) groups is 1. The topological polar surface area (TPSA) is 86.9 Å². The normalized spacial score (nSPS) is 18.7. The summed E-state index contributed by atoms with van der Waals surface area (Å²) in [6, 6.07) is 3.82. The van der Waals surface area contributed by atoms with Crippen molar-refractivity contribution in [3.05, 3.63) is 46.6 Å². The molecule has 2 aliphatic rings. The summed E-state index contributed by atoms with van der Waals surface area (Å²) in [7, 11) is 3.69. The number of aryl methyl sites for hydroxylation is 1. The van der Waals surface area contributed by atoms with Gasteiger partial charge in [-0.15, -0.1) is 0 Å². The second-order valence-corrected chi connectivity index (χ2v) is 9.82. The molecule has 1 atom stereocenters. The number of hydrogen-bond acceptors (Lipinski definition) is 5. The molecule has 1 aromatic rings. The van der Waals surface area contributed by atoms with Gasteiger partial charge in [0, 0.05) is 32.1 Å². The zero-order valence-electron chi connectivity index (χ0n) is 20.2. The van der Waals surface area contributed by atoms with Crippen molar-refractivity contribution >= 4 is 17.5 Å². The van der Waals surface area contributed by atoms with Crippen molar-refractivity contribution in [3.8, 4) is 0 Å². The first-order valence-electron chi connectivity index (χ1n) is 11.4. The zero-order chi connectivity index (χ0) is 23.5. The van der Waals surface area contributed by atoms with Crippen LogP contribution in [-0.2, 0) is 9.59 Å². The van der Waals surface area contributed by atoms with E-state index < -0.39 is 0 Å². The van der Waals surface area contributed by atoms with Gasteiger partial charge in [0.1, 0.15) is 17.2 Å². The summed E-state index contributed by atoms with van der Waals surface area (Å²) in [5.74, 6) is 0.825. The third-order valence-corrected chi connectivity index (χ3v) is 6.16. The van der Waals surface area contributed by atoms with Gasteiger partial charge in [-0.25, -0.2) is 4.99 Å². The highest BCUT2D eigenvalue weighted by molar-refractivity contribution is 6.07. The summed E-state index contributed by atoms with van der Waals surface area (Å²) in [4.78, 5) is 32.8. The summed E-state index contributed by atoms with van der Waals surface area (Å²) in [6.07, 6.45) is 4.93. The molecule has 0 spiro atoms. The summed E-state index contributed by atoms with van der Waals surface area (Å²) in [5.41, 5.74) is 3.00. The standard InChI is InChI=1S/C25H36N4O3/c1-16-10-11-21(32-16)20-13-17-9-7-8-12-29(6)15-18(17)22(28-20)24(31)27-14-19(23(30)26-5)25(2,3)4/h9-11,19H,7-8,12-15H2,1-6H3,(H,26,30)(H,27,31)/t19-/m1/s1. The van der Waals surface area contributed by atoms with E-state index in [1.165, 1.54) is 0 Å². The van der Waals surface area contributed by atoms with Crippen LogP contribution in [0.15, 0.2) is 44.5 Å². The SMILES string of the molecule is CNC(=O)[C@@H](CNC(=O)C1=C2CN(C)CCCC=C2CC(c2ccc(C)o2)=N1)C(C)(C)C. The highest BCUT2D eigenvalue weighted by Gasteiger charge is 2.33. The van der Waals surface area contributed by atoms with Crippen molar-refractivity contribution in [2.24, 2.45) is 16.3 Å². The number of rotatable bonds is 5. The predicted molar refractivity (Wildman–Crippen MR) is 126 cm³/mol. The van der Waals surface area contributed by atoms with Gasteiger partial charge in [0.25, 0.3) is 5.91 Å². The maximum Gasteiger partial charge on any atom is 0.270 e. The Morgan fingerprint density at radius 1 is 1.28 bits per heavy atom. The highest BCUT2D eigenvalue weighted by atomic mass is 16.3. The monoisotopic (exact) mass is 440 g/mol.